The molecule has 1 aliphatic heterocycles. The predicted octanol–water partition coefficient (Wildman–Crippen LogP) is 2.75. The molecule has 1 fully saturated rings. The first-order valence-corrected chi connectivity index (χ1v) is 7.96. The second-order valence-electron chi connectivity index (χ2n) is 5.75. The van der Waals surface area contributed by atoms with Gasteiger partial charge in [0.1, 0.15) is 0 Å². The van der Waals surface area contributed by atoms with Crippen LogP contribution in [-0.4, -0.2) is 38.7 Å². The number of rotatable bonds is 4. The van der Waals surface area contributed by atoms with Gasteiger partial charge < -0.3 is 14.8 Å². The van der Waals surface area contributed by atoms with Crippen molar-refractivity contribution in [2.45, 2.75) is 25.4 Å². The normalized spacial score (nSPS) is 20.8. The van der Waals surface area contributed by atoms with Crippen LogP contribution < -0.4 is 5.32 Å². The van der Waals surface area contributed by atoms with Crippen LogP contribution in [0.5, 0.6) is 0 Å². The highest BCUT2D eigenvalue weighted by Gasteiger charge is 2.37. The fraction of sp³-hybridized carbons (Fsp3) is 0.529. The van der Waals surface area contributed by atoms with Crippen molar-refractivity contribution in [2.75, 3.05) is 26.8 Å². The van der Waals surface area contributed by atoms with Crippen molar-refractivity contribution in [3.63, 3.8) is 0 Å². The summed E-state index contributed by atoms with van der Waals surface area (Å²) < 4.78 is 48.6. The Labute approximate surface area is 143 Å². The number of esters is 2. The Kier molecular flexibility index (Phi) is 6.05. The molecule has 8 heteroatoms. The van der Waals surface area contributed by atoms with E-state index in [2.05, 4.69) is 10.1 Å². The van der Waals surface area contributed by atoms with Gasteiger partial charge in [-0.15, -0.1) is 0 Å². The minimum absolute atomic E-state index is 0.180. The second kappa shape index (κ2) is 7.86. The van der Waals surface area contributed by atoms with E-state index >= 15 is 0 Å². The van der Waals surface area contributed by atoms with Gasteiger partial charge in [0.15, 0.2) is 0 Å². The summed E-state index contributed by atoms with van der Waals surface area (Å²) in [7, 11) is 1.11. The number of benzene rings is 1. The summed E-state index contributed by atoms with van der Waals surface area (Å²) in [5.74, 6) is -2.27. The molecular weight excluding hydrogens is 339 g/mol. The van der Waals surface area contributed by atoms with Gasteiger partial charge in [-0.25, -0.2) is 4.79 Å². The van der Waals surface area contributed by atoms with Crippen molar-refractivity contribution >= 4 is 11.9 Å². The maximum absolute atomic E-state index is 13.0. The molecule has 0 spiro atoms. The maximum atomic E-state index is 13.0. The Bertz CT molecular complexity index is 645. The van der Waals surface area contributed by atoms with Crippen LogP contribution in [0.1, 0.15) is 40.7 Å². The van der Waals surface area contributed by atoms with Crippen molar-refractivity contribution in [1.82, 2.24) is 5.32 Å². The number of nitrogens with one attached hydrogen (secondary N) is 1. The van der Waals surface area contributed by atoms with Gasteiger partial charge in [-0.2, -0.15) is 13.2 Å². The Morgan fingerprint density at radius 2 is 2.04 bits per heavy atom. The van der Waals surface area contributed by atoms with E-state index in [4.69, 9.17) is 4.74 Å². The number of piperidine rings is 1. The molecule has 25 heavy (non-hydrogen) atoms. The Morgan fingerprint density at radius 1 is 1.32 bits per heavy atom. The molecule has 1 N–H and O–H groups in total. The lowest BCUT2D eigenvalue weighted by atomic mass is 9.79. The molecule has 1 aromatic rings. The molecule has 1 aliphatic rings. The molecule has 2 rings (SSSR count). The summed E-state index contributed by atoms with van der Waals surface area (Å²) in [4.78, 5) is 24.2. The fourth-order valence-corrected chi connectivity index (χ4v) is 3.06. The number of halogens is 3. The lowest BCUT2D eigenvalue weighted by Crippen LogP contribution is -2.40. The Morgan fingerprint density at radius 3 is 2.64 bits per heavy atom. The van der Waals surface area contributed by atoms with E-state index in [-0.39, 0.29) is 12.2 Å². The van der Waals surface area contributed by atoms with Crippen molar-refractivity contribution in [2.24, 2.45) is 5.92 Å². The van der Waals surface area contributed by atoms with Crippen LogP contribution in [0, 0.1) is 5.92 Å². The molecule has 2 atom stereocenters. The first kappa shape index (κ1) is 19.2. The molecular formula is C17H20F3NO4. The van der Waals surface area contributed by atoms with E-state index < -0.39 is 35.5 Å². The molecule has 138 valence electrons. The quantitative estimate of drug-likeness (QED) is 0.838. The predicted molar refractivity (Wildman–Crippen MR) is 83.1 cm³/mol. The summed E-state index contributed by atoms with van der Waals surface area (Å²) >= 11 is 0. The monoisotopic (exact) mass is 359 g/mol. The number of hydrogen-bond donors (Lipinski definition) is 1. The van der Waals surface area contributed by atoms with Crippen molar-refractivity contribution in [3.8, 4) is 0 Å². The average Bonchev–Trinajstić information content (AvgIpc) is 2.60. The van der Waals surface area contributed by atoms with E-state index in [1.165, 1.54) is 6.07 Å². The number of carbonyl (C=O) groups is 2. The molecule has 0 aliphatic carbocycles. The lowest BCUT2D eigenvalue weighted by Gasteiger charge is -2.32. The molecule has 0 aromatic heterocycles. The van der Waals surface area contributed by atoms with E-state index in [9.17, 15) is 22.8 Å². The summed E-state index contributed by atoms with van der Waals surface area (Å²) in [5.41, 5.74) is -0.765. The third-order valence-electron chi connectivity index (χ3n) is 4.26. The SMILES string of the molecule is CCOC(=O)C1CCNCC1c1ccc(C(F)(F)F)cc1C(=O)OC. The van der Waals surface area contributed by atoms with Gasteiger partial charge in [0.2, 0.25) is 0 Å². The van der Waals surface area contributed by atoms with E-state index in [1.54, 1.807) is 6.92 Å². The van der Waals surface area contributed by atoms with Crippen LogP contribution >= 0.6 is 0 Å². The summed E-state index contributed by atoms with van der Waals surface area (Å²) in [6.07, 6.45) is -4.10. The van der Waals surface area contributed by atoms with E-state index in [1.807, 2.05) is 0 Å². The largest absolute Gasteiger partial charge is 0.466 e. The summed E-state index contributed by atoms with van der Waals surface area (Å²) in [6.45, 7) is 2.85. The topological polar surface area (TPSA) is 64.6 Å². The molecule has 0 bridgehead atoms. The van der Waals surface area contributed by atoms with Gasteiger partial charge in [-0.05, 0) is 37.6 Å². The van der Waals surface area contributed by atoms with Crippen LogP contribution in [-0.2, 0) is 20.4 Å². The van der Waals surface area contributed by atoms with Crippen LogP contribution in [0.15, 0.2) is 18.2 Å². The smallest absolute Gasteiger partial charge is 0.416 e. The number of ether oxygens (including phenoxy) is 2. The third-order valence-corrected chi connectivity index (χ3v) is 4.26. The maximum Gasteiger partial charge on any atom is 0.416 e. The minimum Gasteiger partial charge on any atom is -0.466 e. The molecule has 0 saturated carbocycles. The second-order valence-corrected chi connectivity index (χ2v) is 5.75. The summed E-state index contributed by atoms with van der Waals surface area (Å²) in [6, 6.07) is 2.94. The van der Waals surface area contributed by atoms with Crippen LogP contribution in [0.2, 0.25) is 0 Å². The number of methoxy groups -OCH3 is 1. The van der Waals surface area contributed by atoms with Gasteiger partial charge in [0.25, 0.3) is 0 Å². The summed E-state index contributed by atoms with van der Waals surface area (Å²) in [5, 5.41) is 3.11. The van der Waals surface area contributed by atoms with Crippen LogP contribution in [0.25, 0.3) is 0 Å². The fourth-order valence-electron chi connectivity index (χ4n) is 3.06. The molecule has 1 saturated heterocycles. The first-order valence-electron chi connectivity index (χ1n) is 7.96. The Hall–Kier alpha value is -2.09. The molecule has 5 nitrogen and oxygen atoms in total. The lowest BCUT2D eigenvalue weighted by molar-refractivity contribution is -0.149. The zero-order valence-electron chi connectivity index (χ0n) is 14.0. The van der Waals surface area contributed by atoms with Crippen molar-refractivity contribution in [1.29, 1.82) is 0 Å². The van der Waals surface area contributed by atoms with Gasteiger partial charge >= 0.3 is 18.1 Å². The van der Waals surface area contributed by atoms with Gasteiger partial charge in [0.05, 0.1) is 30.8 Å². The highest BCUT2D eigenvalue weighted by Crippen LogP contribution is 2.36. The third kappa shape index (κ3) is 4.31. The first-order chi connectivity index (χ1) is 11.8. The average molecular weight is 359 g/mol. The highest BCUT2D eigenvalue weighted by atomic mass is 19.4. The molecule has 0 radical (unpaired) electrons. The van der Waals surface area contributed by atoms with Gasteiger partial charge in [-0.3, -0.25) is 4.79 Å². The van der Waals surface area contributed by atoms with Gasteiger partial charge in [-0.1, -0.05) is 6.07 Å². The molecule has 1 aromatic carbocycles. The molecule has 0 amide bonds. The van der Waals surface area contributed by atoms with Crippen molar-refractivity contribution in [3.05, 3.63) is 34.9 Å². The number of alkyl halides is 3. The highest BCUT2D eigenvalue weighted by molar-refractivity contribution is 5.92. The van der Waals surface area contributed by atoms with E-state index in [0.29, 0.717) is 25.1 Å². The zero-order valence-corrected chi connectivity index (χ0v) is 14.0. The zero-order chi connectivity index (χ0) is 18.6. The number of hydrogen-bond acceptors (Lipinski definition) is 5. The number of carbonyl (C=O) groups excluding carboxylic acids is 2. The molecule has 1 heterocycles. The minimum atomic E-state index is -4.58. The molecule has 2 unspecified atom stereocenters. The standard InChI is InChI=1S/C17H20F3NO4/c1-3-25-16(23)12-6-7-21-9-14(12)11-5-4-10(17(18,19)20)8-13(11)15(22)24-2/h4-5,8,12,14,21H,3,6-7,9H2,1-2H3. The van der Waals surface area contributed by atoms with Crippen LogP contribution in [0.3, 0.4) is 0 Å². The van der Waals surface area contributed by atoms with Crippen molar-refractivity contribution < 1.29 is 32.2 Å². The van der Waals surface area contributed by atoms with E-state index in [0.717, 1.165) is 19.2 Å². The van der Waals surface area contributed by atoms with Gasteiger partial charge in [0, 0.05) is 12.5 Å². The Balaban J connectivity index is 2.47. The van der Waals surface area contributed by atoms with Crippen LogP contribution in [0.4, 0.5) is 13.2 Å².